The molecule has 2 amide bonds. The molecule has 0 atom stereocenters. The molecular weight excluding hydrogens is 381 g/mol. The molecule has 0 radical (unpaired) electrons. The number of amides is 2. The zero-order chi connectivity index (χ0) is 15.1. The quantitative estimate of drug-likeness (QED) is 0.765. The summed E-state index contributed by atoms with van der Waals surface area (Å²) in [5.74, 6) is -0.333. The molecule has 0 spiro atoms. The fourth-order valence-electron chi connectivity index (χ4n) is 1.69. The van der Waals surface area contributed by atoms with Gasteiger partial charge in [-0.15, -0.1) is 0 Å². The Hall–Kier alpha value is -1.96. The summed E-state index contributed by atoms with van der Waals surface area (Å²) in [4.78, 5) is 27.6. The lowest BCUT2D eigenvalue weighted by Gasteiger charge is -2.07. The van der Waals surface area contributed by atoms with Crippen LogP contribution in [0.2, 0.25) is 0 Å². The molecule has 21 heavy (non-hydrogen) atoms. The monoisotopic (exact) mass is 395 g/mol. The van der Waals surface area contributed by atoms with E-state index in [-0.39, 0.29) is 24.8 Å². The van der Waals surface area contributed by atoms with Crippen molar-refractivity contribution in [1.82, 2.24) is 10.3 Å². The number of benzene rings is 1. The maximum absolute atomic E-state index is 11.9. The second-order valence-electron chi connectivity index (χ2n) is 4.28. The van der Waals surface area contributed by atoms with Gasteiger partial charge >= 0.3 is 0 Å². The summed E-state index contributed by atoms with van der Waals surface area (Å²) >= 11 is 2.11. The Kier molecular flexibility index (Phi) is 5.68. The van der Waals surface area contributed by atoms with Gasteiger partial charge in [0.15, 0.2) is 0 Å². The lowest BCUT2D eigenvalue weighted by Crippen LogP contribution is -2.28. The van der Waals surface area contributed by atoms with Gasteiger partial charge < -0.3 is 10.6 Å². The number of hydrogen-bond donors (Lipinski definition) is 2. The van der Waals surface area contributed by atoms with E-state index in [0.717, 1.165) is 3.57 Å². The Balaban J connectivity index is 1.78. The summed E-state index contributed by atoms with van der Waals surface area (Å²) < 4.78 is 0.882. The van der Waals surface area contributed by atoms with Crippen molar-refractivity contribution in [2.24, 2.45) is 0 Å². The van der Waals surface area contributed by atoms with Crippen LogP contribution in [0.15, 0.2) is 48.8 Å². The second kappa shape index (κ2) is 7.72. The van der Waals surface area contributed by atoms with Crippen LogP contribution in [0.25, 0.3) is 0 Å². The largest absolute Gasteiger partial charge is 0.351 e. The van der Waals surface area contributed by atoms with Crippen molar-refractivity contribution in [3.8, 4) is 0 Å². The Morgan fingerprint density at radius 1 is 1.14 bits per heavy atom. The molecule has 1 heterocycles. The number of aromatic nitrogens is 1. The summed E-state index contributed by atoms with van der Waals surface area (Å²) in [5, 5.41) is 5.45. The fraction of sp³-hybridized carbons (Fsp3) is 0.133. The molecule has 0 aliphatic heterocycles. The third-order valence-electron chi connectivity index (χ3n) is 2.70. The molecule has 0 bridgehead atoms. The van der Waals surface area contributed by atoms with Crippen molar-refractivity contribution in [2.45, 2.75) is 6.42 Å². The first-order valence-corrected chi connectivity index (χ1v) is 7.47. The van der Waals surface area contributed by atoms with Gasteiger partial charge in [-0.2, -0.15) is 0 Å². The standard InChI is InChI=1S/C15H14IN3O2/c16-13-6-2-1-5-12(13)15(21)18-9-7-14(20)19-11-4-3-8-17-10-11/h1-6,8,10H,7,9H2,(H,18,21)(H,19,20). The number of rotatable bonds is 5. The van der Waals surface area contributed by atoms with Crippen molar-refractivity contribution < 1.29 is 9.59 Å². The maximum Gasteiger partial charge on any atom is 0.252 e. The third-order valence-corrected chi connectivity index (χ3v) is 3.64. The molecule has 1 aromatic carbocycles. The van der Waals surface area contributed by atoms with E-state index in [1.807, 2.05) is 18.2 Å². The SMILES string of the molecule is O=C(CCNC(=O)c1ccccc1I)Nc1cccnc1. The number of nitrogens with one attached hydrogen (secondary N) is 2. The number of nitrogens with zero attached hydrogens (tertiary/aromatic N) is 1. The Labute approximate surface area is 136 Å². The van der Waals surface area contributed by atoms with Gasteiger partial charge in [0.1, 0.15) is 0 Å². The minimum Gasteiger partial charge on any atom is -0.351 e. The molecule has 0 fully saturated rings. The first kappa shape index (κ1) is 15.4. The highest BCUT2D eigenvalue weighted by Gasteiger charge is 2.09. The number of carbonyl (C=O) groups excluding carboxylic acids is 2. The van der Waals surface area contributed by atoms with E-state index in [0.29, 0.717) is 11.3 Å². The molecule has 0 unspecified atom stereocenters. The fourth-order valence-corrected chi connectivity index (χ4v) is 2.32. The van der Waals surface area contributed by atoms with E-state index in [9.17, 15) is 9.59 Å². The molecule has 0 saturated carbocycles. The van der Waals surface area contributed by atoms with Crippen LogP contribution in [0.1, 0.15) is 16.8 Å². The number of pyridine rings is 1. The van der Waals surface area contributed by atoms with Crippen LogP contribution in [-0.4, -0.2) is 23.3 Å². The first-order chi connectivity index (χ1) is 10.2. The van der Waals surface area contributed by atoms with Crippen LogP contribution < -0.4 is 10.6 Å². The van der Waals surface area contributed by atoms with Gasteiger partial charge in [0.2, 0.25) is 5.91 Å². The van der Waals surface area contributed by atoms with E-state index < -0.39 is 0 Å². The van der Waals surface area contributed by atoms with Crippen LogP contribution in [0.5, 0.6) is 0 Å². The molecule has 6 heteroatoms. The van der Waals surface area contributed by atoms with Crippen LogP contribution in [0, 0.1) is 3.57 Å². The van der Waals surface area contributed by atoms with Gasteiger partial charge in [-0.05, 0) is 46.9 Å². The summed E-state index contributed by atoms with van der Waals surface area (Å²) in [7, 11) is 0. The average Bonchev–Trinajstić information content (AvgIpc) is 2.48. The van der Waals surface area contributed by atoms with Gasteiger partial charge in [0.05, 0.1) is 17.4 Å². The zero-order valence-corrected chi connectivity index (χ0v) is 13.3. The predicted molar refractivity (Wildman–Crippen MR) is 89.0 cm³/mol. The third kappa shape index (κ3) is 4.82. The van der Waals surface area contributed by atoms with Crippen LogP contribution in [0.4, 0.5) is 5.69 Å². The topological polar surface area (TPSA) is 71.1 Å². The molecule has 0 aliphatic rings. The van der Waals surface area contributed by atoms with Gasteiger partial charge in [0.25, 0.3) is 5.91 Å². The number of halogens is 1. The van der Waals surface area contributed by atoms with Crippen molar-refractivity contribution in [3.05, 3.63) is 57.9 Å². The van der Waals surface area contributed by atoms with E-state index in [2.05, 4.69) is 38.2 Å². The lowest BCUT2D eigenvalue weighted by molar-refractivity contribution is -0.116. The zero-order valence-electron chi connectivity index (χ0n) is 11.2. The molecule has 2 rings (SSSR count). The van der Waals surface area contributed by atoms with Crippen LogP contribution in [-0.2, 0) is 4.79 Å². The highest BCUT2D eigenvalue weighted by Crippen LogP contribution is 2.11. The molecular formula is C15H14IN3O2. The van der Waals surface area contributed by atoms with Crippen molar-refractivity contribution in [3.63, 3.8) is 0 Å². The molecule has 0 saturated heterocycles. The highest BCUT2D eigenvalue weighted by atomic mass is 127. The number of carbonyl (C=O) groups is 2. The predicted octanol–water partition coefficient (Wildman–Crippen LogP) is 2.44. The minimum absolute atomic E-state index is 0.161. The van der Waals surface area contributed by atoms with Crippen molar-refractivity contribution in [1.29, 1.82) is 0 Å². The summed E-state index contributed by atoms with van der Waals surface area (Å²) in [6, 6.07) is 10.8. The van der Waals surface area contributed by atoms with Crippen molar-refractivity contribution >= 4 is 40.1 Å². The molecule has 0 aliphatic carbocycles. The van der Waals surface area contributed by atoms with Crippen LogP contribution in [0.3, 0.4) is 0 Å². The van der Waals surface area contributed by atoms with E-state index in [1.54, 1.807) is 30.6 Å². The smallest absolute Gasteiger partial charge is 0.252 e. The van der Waals surface area contributed by atoms with E-state index >= 15 is 0 Å². The lowest BCUT2D eigenvalue weighted by atomic mass is 10.2. The summed E-state index contributed by atoms with van der Waals surface area (Å²) in [6.45, 7) is 0.288. The molecule has 2 aromatic rings. The number of hydrogen-bond acceptors (Lipinski definition) is 3. The molecule has 108 valence electrons. The Bertz CT molecular complexity index is 632. The highest BCUT2D eigenvalue weighted by molar-refractivity contribution is 14.1. The van der Waals surface area contributed by atoms with E-state index in [1.165, 1.54) is 0 Å². The number of anilines is 1. The van der Waals surface area contributed by atoms with E-state index in [4.69, 9.17) is 0 Å². The maximum atomic E-state index is 11.9. The molecule has 5 nitrogen and oxygen atoms in total. The second-order valence-corrected chi connectivity index (χ2v) is 5.44. The van der Waals surface area contributed by atoms with Crippen LogP contribution >= 0.6 is 22.6 Å². The van der Waals surface area contributed by atoms with Gasteiger partial charge in [-0.25, -0.2) is 0 Å². The Morgan fingerprint density at radius 2 is 1.95 bits per heavy atom. The Morgan fingerprint density at radius 3 is 2.67 bits per heavy atom. The van der Waals surface area contributed by atoms with Gasteiger partial charge in [-0.3, -0.25) is 14.6 Å². The van der Waals surface area contributed by atoms with Gasteiger partial charge in [0, 0.05) is 22.7 Å². The first-order valence-electron chi connectivity index (χ1n) is 6.39. The average molecular weight is 395 g/mol. The molecule has 1 aromatic heterocycles. The normalized spacial score (nSPS) is 9.95. The van der Waals surface area contributed by atoms with Crippen molar-refractivity contribution in [2.75, 3.05) is 11.9 Å². The minimum atomic E-state index is -0.172. The van der Waals surface area contributed by atoms with Gasteiger partial charge in [-0.1, -0.05) is 12.1 Å². The summed E-state index contributed by atoms with van der Waals surface area (Å²) in [5.41, 5.74) is 1.26. The molecule has 2 N–H and O–H groups in total. The summed E-state index contributed by atoms with van der Waals surface area (Å²) in [6.07, 6.45) is 3.42.